The van der Waals surface area contributed by atoms with Gasteiger partial charge in [0.25, 0.3) is 0 Å². The second kappa shape index (κ2) is 16.8. The van der Waals surface area contributed by atoms with Gasteiger partial charge in [0.15, 0.2) is 0 Å². The van der Waals surface area contributed by atoms with E-state index in [2.05, 4.69) is 114 Å². The molecule has 1 saturated heterocycles. The molecule has 0 saturated carbocycles. The first-order valence-electron chi connectivity index (χ1n) is 13.4. The molecule has 0 aromatic heterocycles. The van der Waals surface area contributed by atoms with Crippen molar-refractivity contribution >= 4 is 18.0 Å². The van der Waals surface area contributed by atoms with Crippen LogP contribution in [0.3, 0.4) is 0 Å². The zero-order valence-corrected chi connectivity index (χ0v) is 22.9. The highest BCUT2D eigenvalue weighted by molar-refractivity contribution is 5.89. The normalized spacial score (nSPS) is 15.0. The number of carboxylic acids is 2. The lowest BCUT2D eigenvalue weighted by Crippen LogP contribution is -2.47. The first kappa shape index (κ1) is 30.5. The summed E-state index contributed by atoms with van der Waals surface area (Å²) in [6.45, 7) is 9.27. The maximum atomic E-state index is 9.55. The van der Waals surface area contributed by atoms with E-state index in [0.29, 0.717) is 12.2 Å². The smallest absolute Gasteiger partial charge is 0.328 e. The number of rotatable bonds is 11. The van der Waals surface area contributed by atoms with Gasteiger partial charge in [0.05, 0.1) is 6.61 Å². The minimum Gasteiger partial charge on any atom is -0.478 e. The molecule has 0 aliphatic carbocycles. The number of nitrogens with zero attached hydrogens (tertiary/aromatic N) is 2. The van der Waals surface area contributed by atoms with Gasteiger partial charge in [-0.25, -0.2) is 9.59 Å². The molecule has 0 bridgehead atoms. The van der Waals surface area contributed by atoms with Crippen molar-refractivity contribution in [3.8, 4) is 0 Å². The molecule has 210 valence electrons. The second-order valence-corrected chi connectivity index (χ2v) is 9.54. The van der Waals surface area contributed by atoms with Crippen molar-refractivity contribution in [3.05, 3.63) is 125 Å². The Balaban J connectivity index is 0.000000482. The summed E-state index contributed by atoms with van der Waals surface area (Å²) < 4.78 is 6.43. The van der Waals surface area contributed by atoms with Crippen LogP contribution in [0.4, 0.5) is 0 Å². The summed E-state index contributed by atoms with van der Waals surface area (Å²) >= 11 is 0. The number of piperazine rings is 1. The van der Waals surface area contributed by atoms with Crippen LogP contribution in [0, 0.1) is 6.92 Å². The lowest BCUT2D eigenvalue weighted by Gasteiger charge is -2.34. The lowest BCUT2D eigenvalue weighted by molar-refractivity contribution is -0.134. The van der Waals surface area contributed by atoms with Gasteiger partial charge in [-0.3, -0.25) is 9.80 Å². The highest BCUT2D eigenvalue weighted by Gasteiger charge is 2.18. The van der Waals surface area contributed by atoms with Gasteiger partial charge in [-0.2, -0.15) is 0 Å². The first-order chi connectivity index (χ1) is 19.4. The molecule has 1 heterocycles. The van der Waals surface area contributed by atoms with Crippen molar-refractivity contribution in [1.82, 2.24) is 9.80 Å². The molecule has 3 aromatic rings. The SMILES string of the molecule is Cc1ccc(C(OCCN2CCN(C/C=C/c3ccccc3)CC2)c2ccccc2)cc1.O=C(O)/C=C\C(=O)O. The number of carboxylic acid groups (broad SMARTS) is 2. The van der Waals surface area contributed by atoms with Gasteiger partial charge in [-0.15, -0.1) is 0 Å². The van der Waals surface area contributed by atoms with Crippen LogP contribution in [0.1, 0.15) is 28.4 Å². The minimum atomic E-state index is -1.26. The summed E-state index contributed by atoms with van der Waals surface area (Å²) in [5.41, 5.74) is 4.98. The monoisotopic (exact) mass is 542 g/mol. The standard InChI is InChI=1S/C29H34N2O.C4H4O4/c1-25-14-16-28(17-15-25)29(27-12-6-3-7-13-27)32-24-23-31-21-19-30(20-22-31)18-8-11-26-9-4-2-5-10-26;5-3(6)1-2-4(7)8/h2-17,29H,18-24H2,1H3;1-2H,(H,5,6)(H,7,8)/b11-8+;2-1-. The number of carbonyl (C=O) groups is 2. The van der Waals surface area contributed by atoms with E-state index in [4.69, 9.17) is 14.9 Å². The minimum absolute atomic E-state index is 0.0128. The molecule has 2 N–H and O–H groups in total. The first-order valence-corrected chi connectivity index (χ1v) is 13.4. The lowest BCUT2D eigenvalue weighted by atomic mass is 10.0. The Labute approximate surface area is 236 Å². The number of hydrogen-bond donors (Lipinski definition) is 2. The van der Waals surface area contributed by atoms with Crippen LogP contribution >= 0.6 is 0 Å². The fraction of sp³-hybridized carbons (Fsp3) is 0.273. The van der Waals surface area contributed by atoms with Crippen molar-refractivity contribution in [3.63, 3.8) is 0 Å². The Morgan fingerprint density at radius 1 is 0.775 bits per heavy atom. The highest BCUT2D eigenvalue weighted by atomic mass is 16.5. The Kier molecular flexibility index (Phi) is 12.8. The fourth-order valence-corrected chi connectivity index (χ4v) is 4.29. The second-order valence-electron chi connectivity index (χ2n) is 9.54. The molecule has 0 spiro atoms. The van der Waals surface area contributed by atoms with Crippen LogP contribution < -0.4 is 0 Å². The molecule has 40 heavy (non-hydrogen) atoms. The third-order valence-electron chi connectivity index (χ3n) is 6.48. The zero-order chi connectivity index (χ0) is 28.6. The number of ether oxygens (including phenoxy) is 1. The summed E-state index contributed by atoms with van der Waals surface area (Å²) in [5.74, 6) is -2.51. The van der Waals surface area contributed by atoms with Crippen LogP contribution in [0.15, 0.2) is 103 Å². The molecule has 7 heteroatoms. The molecular weight excluding hydrogens is 504 g/mol. The number of aryl methyl sites for hydroxylation is 1. The van der Waals surface area contributed by atoms with Gasteiger partial charge in [-0.1, -0.05) is 103 Å². The third kappa shape index (κ3) is 11.4. The Morgan fingerprint density at radius 3 is 1.88 bits per heavy atom. The largest absolute Gasteiger partial charge is 0.478 e. The van der Waals surface area contributed by atoms with Crippen LogP contribution in [-0.2, 0) is 14.3 Å². The zero-order valence-electron chi connectivity index (χ0n) is 22.9. The van der Waals surface area contributed by atoms with Crippen LogP contribution in [0.25, 0.3) is 6.08 Å². The van der Waals surface area contributed by atoms with Gasteiger partial charge in [0, 0.05) is 51.4 Å². The molecule has 1 unspecified atom stereocenters. The summed E-state index contributed by atoms with van der Waals surface area (Å²) in [5, 5.41) is 15.6. The highest BCUT2D eigenvalue weighted by Crippen LogP contribution is 2.26. The van der Waals surface area contributed by atoms with Crippen molar-refractivity contribution in [2.45, 2.75) is 13.0 Å². The molecule has 1 atom stereocenters. The summed E-state index contributed by atoms with van der Waals surface area (Å²) in [6.07, 6.45) is 5.60. The van der Waals surface area contributed by atoms with E-state index in [9.17, 15) is 9.59 Å². The van der Waals surface area contributed by atoms with Crippen LogP contribution in [0.2, 0.25) is 0 Å². The van der Waals surface area contributed by atoms with Crippen LogP contribution in [-0.4, -0.2) is 77.8 Å². The average molecular weight is 543 g/mol. The predicted octanol–water partition coefficient (Wildman–Crippen LogP) is 5.14. The van der Waals surface area contributed by atoms with E-state index in [1.165, 1.54) is 22.3 Å². The van der Waals surface area contributed by atoms with Crippen LogP contribution in [0.5, 0.6) is 0 Å². The Morgan fingerprint density at radius 2 is 1.30 bits per heavy atom. The van der Waals surface area contributed by atoms with Crippen molar-refractivity contribution < 1.29 is 24.5 Å². The molecular formula is C33H38N2O5. The molecule has 7 nitrogen and oxygen atoms in total. The Bertz CT molecular complexity index is 1200. The molecule has 1 fully saturated rings. The van der Waals surface area contributed by atoms with Gasteiger partial charge >= 0.3 is 11.9 Å². The maximum absolute atomic E-state index is 9.55. The van der Waals surface area contributed by atoms with E-state index in [1.54, 1.807) is 0 Å². The summed E-state index contributed by atoms with van der Waals surface area (Å²) in [7, 11) is 0. The van der Waals surface area contributed by atoms with Crippen molar-refractivity contribution in [1.29, 1.82) is 0 Å². The van der Waals surface area contributed by atoms with E-state index < -0.39 is 11.9 Å². The molecule has 0 amide bonds. The quantitative estimate of drug-likeness (QED) is 0.324. The average Bonchev–Trinajstić information content (AvgIpc) is 2.97. The summed E-state index contributed by atoms with van der Waals surface area (Å²) in [6, 6.07) is 29.8. The van der Waals surface area contributed by atoms with Crippen molar-refractivity contribution in [2.75, 3.05) is 45.9 Å². The molecule has 0 radical (unpaired) electrons. The summed E-state index contributed by atoms with van der Waals surface area (Å²) in [4.78, 5) is 24.2. The molecule has 1 aliphatic rings. The third-order valence-corrected chi connectivity index (χ3v) is 6.48. The van der Waals surface area contributed by atoms with E-state index in [-0.39, 0.29) is 6.10 Å². The van der Waals surface area contributed by atoms with E-state index in [1.807, 2.05) is 0 Å². The number of benzene rings is 3. The van der Waals surface area contributed by atoms with Crippen molar-refractivity contribution in [2.24, 2.45) is 0 Å². The van der Waals surface area contributed by atoms with Gasteiger partial charge in [0.2, 0.25) is 0 Å². The van der Waals surface area contributed by atoms with Gasteiger partial charge < -0.3 is 14.9 Å². The van der Waals surface area contributed by atoms with Gasteiger partial charge in [-0.05, 0) is 23.6 Å². The van der Waals surface area contributed by atoms with Gasteiger partial charge in [0.1, 0.15) is 6.10 Å². The molecule has 1 aliphatic heterocycles. The molecule has 4 rings (SSSR count). The maximum Gasteiger partial charge on any atom is 0.328 e. The van der Waals surface area contributed by atoms with E-state index in [0.717, 1.165) is 45.9 Å². The fourth-order valence-electron chi connectivity index (χ4n) is 4.29. The Hall–Kier alpha value is -4.04. The topological polar surface area (TPSA) is 90.3 Å². The number of aliphatic carboxylic acids is 2. The number of hydrogen-bond acceptors (Lipinski definition) is 5. The molecule has 3 aromatic carbocycles. The van der Waals surface area contributed by atoms with E-state index >= 15 is 0 Å². The predicted molar refractivity (Wildman–Crippen MR) is 158 cm³/mol.